The number of rotatable bonds is 2. The molecule has 1 unspecified atom stereocenters. The van der Waals surface area contributed by atoms with Crippen LogP contribution >= 0.6 is 0 Å². The van der Waals surface area contributed by atoms with Crippen molar-refractivity contribution in [3.05, 3.63) is 35.1 Å². The second-order valence-electron chi connectivity index (χ2n) is 5.02. The molecule has 0 bridgehead atoms. The molecule has 1 heterocycles. The molecule has 0 aliphatic carbocycles. The standard InChI is InChI=1S/C14H16F4N2O/c15-12-10(4-1-5-11(12)14(16,17)18)13(21)20-9-3-2-7-19-8-6-9/h1,4-5,9,19H,2-3,6-8H2,(H,20,21). The molecular weight excluding hydrogens is 288 g/mol. The predicted octanol–water partition coefficient (Wildman–Crippen LogP) is 2.72. The molecule has 1 atom stereocenters. The Kier molecular flexibility index (Phi) is 4.82. The molecule has 2 N–H and O–H groups in total. The minimum atomic E-state index is -4.81. The third-order valence-electron chi connectivity index (χ3n) is 3.46. The third-order valence-corrected chi connectivity index (χ3v) is 3.46. The minimum Gasteiger partial charge on any atom is -0.349 e. The summed E-state index contributed by atoms with van der Waals surface area (Å²) in [5.41, 5.74) is -1.99. The van der Waals surface area contributed by atoms with Crippen molar-refractivity contribution in [2.45, 2.75) is 31.5 Å². The van der Waals surface area contributed by atoms with Crippen molar-refractivity contribution in [2.75, 3.05) is 13.1 Å². The zero-order valence-corrected chi connectivity index (χ0v) is 11.3. The zero-order valence-electron chi connectivity index (χ0n) is 11.3. The smallest absolute Gasteiger partial charge is 0.349 e. The lowest BCUT2D eigenvalue weighted by molar-refractivity contribution is -0.140. The summed E-state index contributed by atoms with van der Waals surface area (Å²) in [6.45, 7) is 1.56. The molecule has 1 aliphatic heterocycles. The molecule has 0 radical (unpaired) electrons. The van der Waals surface area contributed by atoms with Crippen LogP contribution in [0.1, 0.15) is 35.2 Å². The summed E-state index contributed by atoms with van der Waals surface area (Å²) in [5.74, 6) is -2.32. The van der Waals surface area contributed by atoms with Gasteiger partial charge in [0.2, 0.25) is 0 Å². The van der Waals surface area contributed by atoms with Gasteiger partial charge in [-0.3, -0.25) is 4.79 Å². The van der Waals surface area contributed by atoms with E-state index in [2.05, 4.69) is 10.6 Å². The maximum Gasteiger partial charge on any atom is 0.419 e. The van der Waals surface area contributed by atoms with Crippen molar-refractivity contribution >= 4 is 5.91 Å². The van der Waals surface area contributed by atoms with Gasteiger partial charge in [-0.15, -0.1) is 0 Å². The molecule has 2 rings (SSSR count). The van der Waals surface area contributed by atoms with E-state index in [-0.39, 0.29) is 6.04 Å². The Balaban J connectivity index is 2.15. The van der Waals surface area contributed by atoms with Crippen LogP contribution in [0.2, 0.25) is 0 Å². The van der Waals surface area contributed by atoms with E-state index in [0.717, 1.165) is 38.1 Å². The lowest BCUT2D eigenvalue weighted by atomic mass is 10.1. The van der Waals surface area contributed by atoms with Crippen LogP contribution in [0.5, 0.6) is 0 Å². The summed E-state index contributed by atoms with van der Waals surface area (Å²) in [7, 11) is 0. The topological polar surface area (TPSA) is 41.1 Å². The van der Waals surface area contributed by atoms with E-state index in [0.29, 0.717) is 12.5 Å². The number of nitrogens with one attached hydrogen (secondary N) is 2. The fraction of sp³-hybridized carbons (Fsp3) is 0.500. The molecule has 1 aromatic rings. The van der Waals surface area contributed by atoms with Crippen molar-refractivity contribution in [3.8, 4) is 0 Å². The number of amides is 1. The number of hydrogen-bond acceptors (Lipinski definition) is 2. The van der Waals surface area contributed by atoms with E-state index in [1.54, 1.807) is 0 Å². The van der Waals surface area contributed by atoms with E-state index in [1.165, 1.54) is 0 Å². The summed E-state index contributed by atoms with van der Waals surface area (Å²) in [5, 5.41) is 5.76. The van der Waals surface area contributed by atoms with E-state index < -0.39 is 29.0 Å². The monoisotopic (exact) mass is 304 g/mol. The lowest BCUT2D eigenvalue weighted by Crippen LogP contribution is -2.36. The first-order chi connectivity index (χ1) is 9.89. The SMILES string of the molecule is O=C(NC1CCCNCC1)c1cccc(C(F)(F)F)c1F. The highest BCUT2D eigenvalue weighted by Gasteiger charge is 2.35. The highest BCUT2D eigenvalue weighted by Crippen LogP contribution is 2.32. The molecular formula is C14H16F4N2O. The second kappa shape index (κ2) is 6.43. The number of carbonyl (C=O) groups excluding carboxylic acids is 1. The molecule has 7 heteroatoms. The van der Waals surface area contributed by atoms with Crippen molar-refractivity contribution in [3.63, 3.8) is 0 Å². The van der Waals surface area contributed by atoms with Gasteiger partial charge in [0.05, 0.1) is 11.1 Å². The molecule has 1 amide bonds. The van der Waals surface area contributed by atoms with Gasteiger partial charge in [0.25, 0.3) is 5.91 Å². The van der Waals surface area contributed by atoms with E-state index in [4.69, 9.17) is 0 Å². The Hall–Kier alpha value is -1.63. The molecule has 3 nitrogen and oxygen atoms in total. The van der Waals surface area contributed by atoms with Gasteiger partial charge in [0, 0.05) is 6.04 Å². The largest absolute Gasteiger partial charge is 0.419 e. The van der Waals surface area contributed by atoms with Crippen molar-refractivity contribution in [1.29, 1.82) is 0 Å². The summed E-state index contributed by atoms with van der Waals surface area (Å²) in [4.78, 5) is 12.0. The molecule has 1 fully saturated rings. The van der Waals surface area contributed by atoms with Crippen LogP contribution in [-0.4, -0.2) is 25.0 Å². The Morgan fingerprint density at radius 3 is 2.71 bits per heavy atom. The number of alkyl halides is 3. The van der Waals surface area contributed by atoms with E-state index >= 15 is 0 Å². The van der Waals surface area contributed by atoms with Crippen LogP contribution in [0.3, 0.4) is 0 Å². The van der Waals surface area contributed by atoms with Crippen LogP contribution in [0, 0.1) is 5.82 Å². The summed E-state index contributed by atoms with van der Waals surface area (Å²) >= 11 is 0. The fourth-order valence-corrected chi connectivity index (χ4v) is 2.35. The summed E-state index contributed by atoms with van der Waals surface area (Å²) < 4.78 is 51.7. The minimum absolute atomic E-state index is 0.151. The Morgan fingerprint density at radius 2 is 2.00 bits per heavy atom. The van der Waals surface area contributed by atoms with Crippen LogP contribution in [0.25, 0.3) is 0 Å². The van der Waals surface area contributed by atoms with Gasteiger partial charge < -0.3 is 10.6 Å². The van der Waals surface area contributed by atoms with Crippen molar-refractivity contribution in [2.24, 2.45) is 0 Å². The molecule has 21 heavy (non-hydrogen) atoms. The quantitative estimate of drug-likeness (QED) is 0.825. The summed E-state index contributed by atoms with van der Waals surface area (Å²) in [6.07, 6.45) is -2.56. The highest BCUT2D eigenvalue weighted by molar-refractivity contribution is 5.94. The highest BCUT2D eigenvalue weighted by atomic mass is 19.4. The van der Waals surface area contributed by atoms with Crippen LogP contribution < -0.4 is 10.6 Å². The van der Waals surface area contributed by atoms with Gasteiger partial charge in [0.15, 0.2) is 0 Å². The number of benzene rings is 1. The second-order valence-corrected chi connectivity index (χ2v) is 5.02. The fourth-order valence-electron chi connectivity index (χ4n) is 2.35. The van der Waals surface area contributed by atoms with Crippen LogP contribution in [-0.2, 0) is 6.18 Å². The molecule has 1 aromatic carbocycles. The first kappa shape index (κ1) is 15.8. The normalized spacial score (nSPS) is 19.9. The van der Waals surface area contributed by atoms with Gasteiger partial charge in [-0.2, -0.15) is 13.2 Å². The van der Waals surface area contributed by atoms with Gasteiger partial charge in [-0.05, 0) is 44.5 Å². The average Bonchev–Trinajstić information content (AvgIpc) is 2.66. The van der Waals surface area contributed by atoms with Crippen molar-refractivity contribution in [1.82, 2.24) is 10.6 Å². The molecule has 1 saturated heterocycles. The van der Waals surface area contributed by atoms with E-state index in [9.17, 15) is 22.4 Å². The maximum absolute atomic E-state index is 13.9. The van der Waals surface area contributed by atoms with Crippen LogP contribution in [0.4, 0.5) is 17.6 Å². The molecule has 116 valence electrons. The Morgan fingerprint density at radius 1 is 1.24 bits per heavy atom. The third kappa shape index (κ3) is 3.93. The molecule has 1 aliphatic rings. The van der Waals surface area contributed by atoms with Gasteiger partial charge >= 0.3 is 6.18 Å². The van der Waals surface area contributed by atoms with E-state index in [1.807, 2.05) is 0 Å². The van der Waals surface area contributed by atoms with Gasteiger partial charge in [-0.1, -0.05) is 6.07 Å². The molecule has 0 aromatic heterocycles. The van der Waals surface area contributed by atoms with Crippen molar-refractivity contribution < 1.29 is 22.4 Å². The van der Waals surface area contributed by atoms with Gasteiger partial charge in [0.1, 0.15) is 5.82 Å². The predicted molar refractivity (Wildman–Crippen MR) is 69.4 cm³/mol. The molecule has 0 saturated carbocycles. The maximum atomic E-state index is 13.9. The zero-order chi connectivity index (χ0) is 15.5. The first-order valence-corrected chi connectivity index (χ1v) is 6.77. The number of hydrogen-bond donors (Lipinski definition) is 2. The Labute approximate surface area is 119 Å². The van der Waals surface area contributed by atoms with Gasteiger partial charge in [-0.25, -0.2) is 4.39 Å². The first-order valence-electron chi connectivity index (χ1n) is 6.77. The number of carbonyl (C=O) groups is 1. The lowest BCUT2D eigenvalue weighted by Gasteiger charge is -2.17. The molecule has 0 spiro atoms. The Bertz CT molecular complexity index is 508. The number of halogens is 4. The van der Waals surface area contributed by atoms with Crippen LogP contribution in [0.15, 0.2) is 18.2 Å². The summed E-state index contributed by atoms with van der Waals surface area (Å²) in [6, 6.07) is 2.58. The average molecular weight is 304 g/mol.